The molecule has 0 fully saturated rings. The number of amides is 1. The summed E-state index contributed by atoms with van der Waals surface area (Å²) in [5, 5.41) is 13.0. The maximum absolute atomic E-state index is 11.9. The standard InChI is InChI=1S/C17H20N4O.C2HF3O2.C2H6N2.BrH.Pt/c22-17(19-8-3-10-21-11-9-18-13-21)7-6-14-12-20-16-5-2-1-4-15(14)16;3-2(4,5)1(6)7;3-1-2-4;;/h1-2,4-5,9,11-13,20H,3,6-8,10H2,(H,19,22);(H,6,7);3-4H,1-2H2;1H;/q;;-2;;+1/p-2. The number of nitrogens with one attached hydrogen (secondary N) is 4. The van der Waals surface area contributed by atoms with Gasteiger partial charge in [-0.3, -0.25) is 4.79 Å². The Kier molecular flexibility index (Phi) is 17.8. The summed E-state index contributed by atoms with van der Waals surface area (Å²) in [7, 11) is 0. The number of alkyl halides is 3. The van der Waals surface area contributed by atoms with Crippen LogP contribution in [-0.2, 0) is 40.3 Å². The Hall–Kier alpha value is -2.21. The van der Waals surface area contributed by atoms with Crippen LogP contribution in [0.3, 0.4) is 0 Å². The van der Waals surface area contributed by atoms with Gasteiger partial charge in [-0.05, 0) is 24.5 Å². The number of para-hydroxylation sites is 1. The van der Waals surface area contributed by atoms with Crippen LogP contribution >= 0.6 is 13.3 Å². The van der Waals surface area contributed by atoms with Crippen LogP contribution in [0, 0.1) is 0 Å². The predicted octanol–water partition coefficient (Wildman–Crippen LogP) is 3.74. The van der Waals surface area contributed by atoms with Crippen LogP contribution in [0.15, 0.2) is 49.2 Å². The van der Waals surface area contributed by atoms with Gasteiger partial charge < -0.3 is 36.2 Å². The van der Waals surface area contributed by atoms with Crippen molar-refractivity contribution in [2.45, 2.75) is 32.0 Å². The molecular weight excluding hydrogens is 716 g/mol. The summed E-state index contributed by atoms with van der Waals surface area (Å²) in [5.74, 6) is -2.90. The maximum Gasteiger partial charge on any atom is -0.171 e. The van der Waals surface area contributed by atoms with Crippen molar-refractivity contribution in [1.29, 1.82) is 0 Å². The number of hydrogen-bond donors (Lipinski definition) is 2. The van der Waals surface area contributed by atoms with Gasteiger partial charge in [-0.1, -0.05) is 18.2 Å². The maximum atomic E-state index is 11.9. The number of imidazole rings is 1. The van der Waals surface area contributed by atoms with Crippen LogP contribution in [0.5, 0.6) is 0 Å². The zero-order chi connectivity index (χ0) is 26.7. The van der Waals surface area contributed by atoms with Crippen molar-refractivity contribution in [2.75, 3.05) is 19.6 Å². The van der Waals surface area contributed by atoms with Crippen LogP contribution in [0.1, 0.15) is 18.4 Å². The van der Waals surface area contributed by atoms with E-state index >= 15 is 0 Å². The molecule has 14 heteroatoms. The van der Waals surface area contributed by atoms with E-state index in [2.05, 4.69) is 40.7 Å². The van der Waals surface area contributed by atoms with E-state index in [1.54, 1.807) is 12.5 Å². The number of H-pyrrole nitrogens is 1. The number of benzene rings is 1. The molecule has 0 saturated heterocycles. The predicted molar refractivity (Wildman–Crippen MR) is 125 cm³/mol. The third kappa shape index (κ3) is 14.7. The largest absolute Gasteiger partial charge is 0.679 e. The number of carboxylic acids is 1. The van der Waals surface area contributed by atoms with Crippen molar-refractivity contribution >= 4 is 36.1 Å². The monoisotopic (exact) mass is 741 g/mol. The Balaban J connectivity index is 0.000000744. The number of hydrogen-bond acceptors (Lipinski definition) is 4. The molecule has 0 unspecified atom stereocenters. The van der Waals surface area contributed by atoms with Gasteiger partial charge in [-0.2, -0.15) is 26.3 Å². The van der Waals surface area contributed by atoms with Crippen molar-refractivity contribution in [3.05, 3.63) is 66.2 Å². The van der Waals surface area contributed by atoms with Gasteiger partial charge in [-0.25, -0.2) is 4.98 Å². The number of aromatic nitrogens is 3. The van der Waals surface area contributed by atoms with Crippen LogP contribution in [0.2, 0.25) is 0 Å². The summed E-state index contributed by atoms with van der Waals surface area (Å²) in [6.45, 7) is 2.05. The average molecular weight is 742 g/mol. The molecular formula is C21H26BrF3N6O3Pt-3. The number of aliphatic carboxylic acids is 1. The minimum absolute atomic E-state index is 0.107. The molecule has 3 aromatic rings. The van der Waals surface area contributed by atoms with E-state index in [0.717, 1.165) is 24.9 Å². The first-order chi connectivity index (χ1) is 16.7. The molecule has 0 aliphatic heterocycles. The van der Waals surface area contributed by atoms with Crippen LogP contribution in [0.25, 0.3) is 22.4 Å². The van der Waals surface area contributed by atoms with Crippen LogP contribution in [0.4, 0.5) is 13.2 Å². The molecule has 0 saturated carbocycles. The number of aryl methyl sites for hydroxylation is 2. The van der Waals surface area contributed by atoms with E-state index in [-0.39, 0.29) is 19.0 Å². The van der Waals surface area contributed by atoms with Crippen molar-refractivity contribution in [3.8, 4) is 0 Å². The molecule has 9 nitrogen and oxygen atoms in total. The number of carbonyl (C=O) groups is 2. The van der Waals surface area contributed by atoms with E-state index in [9.17, 15) is 18.0 Å². The smallest absolute Gasteiger partial charge is 0.171 e. The molecule has 4 N–H and O–H groups in total. The molecule has 0 radical (unpaired) electrons. The first kappa shape index (κ1) is 32.8. The quantitative estimate of drug-likeness (QED) is 0.339. The van der Waals surface area contributed by atoms with E-state index in [0.29, 0.717) is 13.0 Å². The second kappa shape index (κ2) is 19.0. The van der Waals surface area contributed by atoms with Gasteiger partial charge in [0.15, 0.2) is 0 Å². The van der Waals surface area contributed by atoms with Gasteiger partial charge in [0.05, 0.1) is 6.33 Å². The molecule has 0 atom stereocenters. The van der Waals surface area contributed by atoms with Crippen LogP contribution in [-0.4, -0.2) is 52.2 Å². The van der Waals surface area contributed by atoms with E-state index in [1.807, 2.05) is 46.9 Å². The SMILES string of the molecule is O=C(CCc1c[nH]c2ccccc12)NCCCn1ccnc1.O=C([O-])C(F)(F)F.[Br][Pt].[NH-]CC[NH-]. The Labute approximate surface area is 218 Å². The van der Waals surface area contributed by atoms with Gasteiger partial charge >= 0.3 is 37.2 Å². The second-order valence-corrected chi connectivity index (χ2v) is 6.65. The summed E-state index contributed by atoms with van der Waals surface area (Å²) < 4.78 is 33.6. The van der Waals surface area contributed by atoms with E-state index in [1.165, 1.54) is 10.9 Å². The molecule has 35 heavy (non-hydrogen) atoms. The molecule has 0 bridgehead atoms. The third-order valence-corrected chi connectivity index (χ3v) is 4.13. The van der Waals surface area contributed by atoms with Gasteiger partial charge in [0.2, 0.25) is 5.91 Å². The van der Waals surface area contributed by atoms with Crippen molar-refractivity contribution < 1.29 is 45.6 Å². The normalized spacial score (nSPS) is 10.2. The van der Waals surface area contributed by atoms with Crippen molar-refractivity contribution in [1.82, 2.24) is 19.9 Å². The number of nitrogens with zero attached hydrogens (tertiary/aromatic N) is 2. The molecule has 3 rings (SSSR count). The number of aromatic amines is 1. The molecule has 1 amide bonds. The molecule has 2 heterocycles. The fourth-order valence-corrected chi connectivity index (χ4v) is 2.58. The Morgan fingerprint density at radius 1 is 1.20 bits per heavy atom. The Morgan fingerprint density at radius 2 is 1.83 bits per heavy atom. The minimum atomic E-state index is -5.19. The van der Waals surface area contributed by atoms with Crippen molar-refractivity contribution in [2.24, 2.45) is 0 Å². The summed E-state index contributed by atoms with van der Waals surface area (Å²) in [5.41, 5.74) is 14.8. The molecule has 0 aliphatic rings. The number of fused-ring (bicyclic) bond motifs is 1. The summed E-state index contributed by atoms with van der Waals surface area (Å²) >= 11 is 4.86. The van der Waals surface area contributed by atoms with Crippen molar-refractivity contribution in [3.63, 3.8) is 0 Å². The zero-order valence-corrected chi connectivity index (χ0v) is 22.4. The summed E-state index contributed by atoms with van der Waals surface area (Å²) in [6.07, 6.45) is 4.48. The summed E-state index contributed by atoms with van der Waals surface area (Å²) in [6, 6.07) is 8.17. The number of carboxylic acid groups (broad SMARTS) is 1. The molecule has 1 aromatic carbocycles. The van der Waals surface area contributed by atoms with E-state index < -0.39 is 12.1 Å². The first-order valence-corrected chi connectivity index (χ1v) is 15.1. The number of carbonyl (C=O) groups excluding carboxylic acids is 2. The number of halogens is 4. The summed E-state index contributed by atoms with van der Waals surface area (Å²) in [4.78, 5) is 27.9. The first-order valence-electron chi connectivity index (χ1n) is 10.2. The second-order valence-electron chi connectivity index (χ2n) is 6.65. The van der Waals surface area contributed by atoms with Gasteiger partial charge in [-0.15, -0.1) is 0 Å². The van der Waals surface area contributed by atoms with Gasteiger partial charge in [0.25, 0.3) is 0 Å². The Morgan fingerprint density at radius 3 is 2.37 bits per heavy atom. The Bertz CT molecular complexity index is 969. The molecule has 199 valence electrons. The van der Waals surface area contributed by atoms with Crippen LogP contribution < -0.4 is 10.4 Å². The zero-order valence-electron chi connectivity index (χ0n) is 18.5. The minimum Gasteiger partial charge on any atom is -0.679 e. The topological polar surface area (TPSA) is 150 Å². The van der Waals surface area contributed by atoms with Gasteiger partial charge in [0, 0.05) is 49.0 Å². The van der Waals surface area contributed by atoms with E-state index in [4.69, 9.17) is 21.4 Å². The number of rotatable bonds is 8. The molecule has 0 aliphatic carbocycles. The fraction of sp³-hybridized carbons (Fsp3) is 0.381. The fourth-order valence-electron chi connectivity index (χ4n) is 2.58. The molecule has 0 spiro atoms. The average Bonchev–Trinajstić information content (AvgIpc) is 3.52. The third-order valence-electron chi connectivity index (χ3n) is 4.13. The molecule has 2 aromatic heterocycles. The van der Waals surface area contributed by atoms with Gasteiger partial charge in [0.1, 0.15) is 5.97 Å².